The molecule has 1 N–H and O–H groups in total. The summed E-state index contributed by atoms with van der Waals surface area (Å²) in [6.45, 7) is 2.31. The van der Waals surface area contributed by atoms with Crippen LogP contribution in [0.4, 0.5) is 0 Å². The Kier molecular flexibility index (Phi) is 5.75. The lowest BCUT2D eigenvalue weighted by Gasteiger charge is -2.22. The molecule has 1 fully saturated rings. The second kappa shape index (κ2) is 8.17. The summed E-state index contributed by atoms with van der Waals surface area (Å²) in [5.74, 6) is -0.335. The van der Waals surface area contributed by atoms with Crippen molar-refractivity contribution in [3.8, 4) is 0 Å². The molecule has 0 aliphatic carbocycles. The summed E-state index contributed by atoms with van der Waals surface area (Å²) in [5, 5.41) is 5.73. The van der Waals surface area contributed by atoms with Gasteiger partial charge in [0.25, 0.3) is 0 Å². The fraction of sp³-hybridized carbons (Fsp3) is 0.389. The molecule has 3 heterocycles. The number of hydrogen-bond acceptors (Lipinski definition) is 8. The second-order valence-electron chi connectivity index (χ2n) is 6.86. The average Bonchev–Trinajstić information content (AvgIpc) is 3.42. The summed E-state index contributed by atoms with van der Waals surface area (Å²) >= 11 is 2.93. The van der Waals surface area contributed by atoms with Crippen molar-refractivity contribution >= 4 is 50.1 Å². The first-order chi connectivity index (χ1) is 14.3. The van der Waals surface area contributed by atoms with Crippen LogP contribution >= 0.6 is 23.1 Å². The molecule has 4 rings (SSSR count). The molecule has 160 valence electrons. The number of carbonyl (C=O) groups is 1. The smallest absolute Gasteiger partial charge is 0.408 e. The van der Waals surface area contributed by atoms with Gasteiger partial charge in [-0.15, -0.1) is 23.1 Å². The topological polar surface area (TPSA) is 115 Å². The Morgan fingerprint density at radius 3 is 2.93 bits per heavy atom. The highest BCUT2D eigenvalue weighted by Gasteiger charge is 2.40. The van der Waals surface area contributed by atoms with Crippen LogP contribution in [0, 0.1) is 6.92 Å². The number of benzene rings is 1. The highest BCUT2D eigenvalue weighted by Crippen LogP contribution is 2.29. The number of thiazole rings is 1. The quantitative estimate of drug-likeness (QED) is 0.580. The molecule has 1 aliphatic rings. The zero-order valence-corrected chi connectivity index (χ0v) is 18.8. The fourth-order valence-corrected chi connectivity index (χ4v) is 7.05. The van der Waals surface area contributed by atoms with Gasteiger partial charge in [-0.25, -0.2) is 18.2 Å². The molecule has 1 aliphatic heterocycles. The Hall–Kier alpha value is -2.15. The van der Waals surface area contributed by atoms with Crippen LogP contribution in [0.1, 0.15) is 10.7 Å². The van der Waals surface area contributed by atoms with E-state index in [4.69, 9.17) is 4.42 Å². The fourth-order valence-electron chi connectivity index (χ4n) is 3.24. The summed E-state index contributed by atoms with van der Waals surface area (Å²) < 4.78 is 34.0. The molecule has 3 aromatic rings. The van der Waals surface area contributed by atoms with Crippen LogP contribution in [0.2, 0.25) is 0 Å². The standard InChI is InChI=1S/C18H20N4O5S3/c1-11-20-12(8-29-11)5-6-19-17(23)15-9-28-10-22(15)30(25,26)13-3-4-14-16(7-13)27-18(24)21(14)2/h3-4,7-8,15H,5-6,9-10H2,1-2H3,(H,19,23)/t15-/m1/s1. The van der Waals surface area contributed by atoms with Gasteiger partial charge in [-0.1, -0.05) is 0 Å². The number of carbonyl (C=O) groups excluding carboxylic acids is 1. The van der Waals surface area contributed by atoms with E-state index in [1.807, 2.05) is 12.3 Å². The van der Waals surface area contributed by atoms with Gasteiger partial charge < -0.3 is 9.73 Å². The second-order valence-corrected chi connectivity index (χ2v) is 10.8. The molecule has 0 bridgehead atoms. The summed E-state index contributed by atoms with van der Waals surface area (Å²) in [6, 6.07) is 3.49. The van der Waals surface area contributed by atoms with Crippen molar-refractivity contribution in [3.63, 3.8) is 0 Å². The molecule has 0 saturated carbocycles. The molecule has 9 nitrogen and oxygen atoms in total. The van der Waals surface area contributed by atoms with Crippen LogP contribution in [-0.4, -0.2) is 52.4 Å². The lowest BCUT2D eigenvalue weighted by Crippen LogP contribution is -2.47. The first kappa shape index (κ1) is 21.1. The highest BCUT2D eigenvalue weighted by molar-refractivity contribution is 8.00. The van der Waals surface area contributed by atoms with E-state index in [0.29, 0.717) is 24.2 Å². The predicted octanol–water partition coefficient (Wildman–Crippen LogP) is 1.32. The number of sulfonamides is 1. The Balaban J connectivity index is 1.50. The Morgan fingerprint density at radius 2 is 2.20 bits per heavy atom. The van der Waals surface area contributed by atoms with E-state index < -0.39 is 21.8 Å². The number of aryl methyl sites for hydroxylation is 2. The minimum Gasteiger partial charge on any atom is -0.408 e. The summed E-state index contributed by atoms with van der Waals surface area (Å²) in [5.41, 5.74) is 1.59. The first-order valence-electron chi connectivity index (χ1n) is 9.15. The molecular weight excluding hydrogens is 448 g/mol. The van der Waals surface area contributed by atoms with Crippen LogP contribution in [0.3, 0.4) is 0 Å². The molecule has 2 aromatic heterocycles. The van der Waals surface area contributed by atoms with Crippen LogP contribution in [0.15, 0.2) is 37.7 Å². The van der Waals surface area contributed by atoms with Gasteiger partial charge in [0.05, 0.1) is 27.0 Å². The van der Waals surface area contributed by atoms with Crippen molar-refractivity contribution in [1.29, 1.82) is 0 Å². The number of rotatable bonds is 6. The van der Waals surface area contributed by atoms with Crippen molar-refractivity contribution in [1.82, 2.24) is 19.2 Å². The van der Waals surface area contributed by atoms with Crippen LogP contribution in [0.25, 0.3) is 11.1 Å². The monoisotopic (exact) mass is 468 g/mol. The third-order valence-corrected chi connectivity index (χ3v) is 8.71. The van der Waals surface area contributed by atoms with E-state index in [0.717, 1.165) is 10.7 Å². The van der Waals surface area contributed by atoms with Crippen LogP contribution in [-0.2, 0) is 28.3 Å². The van der Waals surface area contributed by atoms with Gasteiger partial charge in [0.2, 0.25) is 15.9 Å². The van der Waals surface area contributed by atoms with Gasteiger partial charge in [-0.05, 0) is 19.1 Å². The summed E-state index contributed by atoms with van der Waals surface area (Å²) in [7, 11) is -2.38. The van der Waals surface area contributed by atoms with Gasteiger partial charge in [0.15, 0.2) is 5.58 Å². The third kappa shape index (κ3) is 3.92. The molecule has 0 spiro atoms. The van der Waals surface area contributed by atoms with Crippen molar-refractivity contribution in [2.24, 2.45) is 7.05 Å². The molecule has 1 aromatic carbocycles. The number of thioether (sulfide) groups is 1. The molecule has 12 heteroatoms. The molecule has 0 unspecified atom stereocenters. The lowest BCUT2D eigenvalue weighted by molar-refractivity contribution is -0.123. The van der Waals surface area contributed by atoms with Gasteiger partial charge in [-0.2, -0.15) is 4.31 Å². The normalized spacial score (nSPS) is 17.6. The largest absolute Gasteiger partial charge is 0.419 e. The SMILES string of the molecule is Cc1nc(CCNC(=O)[C@H]2CSCN2S(=O)(=O)c2ccc3c(c2)oc(=O)n3C)cs1. The van der Waals surface area contributed by atoms with Gasteiger partial charge in [-0.3, -0.25) is 9.36 Å². The number of hydrogen-bond donors (Lipinski definition) is 1. The van der Waals surface area contributed by atoms with E-state index in [1.54, 1.807) is 18.4 Å². The Labute approximate surface area is 181 Å². The zero-order valence-electron chi connectivity index (χ0n) is 16.3. The maximum Gasteiger partial charge on any atom is 0.419 e. The minimum absolute atomic E-state index is 0.0115. The number of nitrogens with one attached hydrogen (secondary N) is 1. The summed E-state index contributed by atoms with van der Waals surface area (Å²) in [6.07, 6.45) is 0.590. The number of aromatic nitrogens is 2. The van der Waals surface area contributed by atoms with E-state index in [1.165, 1.54) is 38.8 Å². The summed E-state index contributed by atoms with van der Waals surface area (Å²) in [4.78, 5) is 28.7. The lowest BCUT2D eigenvalue weighted by atomic mass is 10.3. The number of amides is 1. The van der Waals surface area contributed by atoms with E-state index >= 15 is 0 Å². The first-order valence-corrected chi connectivity index (χ1v) is 12.6. The molecule has 30 heavy (non-hydrogen) atoms. The average molecular weight is 469 g/mol. The Bertz CT molecular complexity index is 1260. The van der Waals surface area contributed by atoms with E-state index in [9.17, 15) is 18.0 Å². The van der Waals surface area contributed by atoms with Crippen molar-refractivity contribution < 1.29 is 17.6 Å². The van der Waals surface area contributed by atoms with Crippen molar-refractivity contribution in [2.45, 2.75) is 24.3 Å². The molecule has 0 radical (unpaired) electrons. The molecule has 1 saturated heterocycles. The van der Waals surface area contributed by atoms with E-state index in [2.05, 4.69) is 10.3 Å². The zero-order chi connectivity index (χ0) is 21.5. The van der Waals surface area contributed by atoms with Gasteiger partial charge in [0, 0.05) is 37.2 Å². The van der Waals surface area contributed by atoms with E-state index in [-0.39, 0.29) is 22.3 Å². The van der Waals surface area contributed by atoms with Crippen molar-refractivity contribution in [2.75, 3.05) is 18.2 Å². The predicted molar refractivity (Wildman–Crippen MR) is 115 cm³/mol. The van der Waals surface area contributed by atoms with Gasteiger partial charge >= 0.3 is 5.76 Å². The van der Waals surface area contributed by atoms with Crippen LogP contribution < -0.4 is 11.1 Å². The maximum absolute atomic E-state index is 13.2. The minimum atomic E-state index is -3.93. The molecule has 1 atom stereocenters. The Morgan fingerprint density at radius 1 is 1.40 bits per heavy atom. The van der Waals surface area contributed by atoms with Crippen LogP contribution in [0.5, 0.6) is 0 Å². The third-order valence-electron chi connectivity index (χ3n) is 4.86. The van der Waals surface area contributed by atoms with Crippen molar-refractivity contribution in [3.05, 3.63) is 44.8 Å². The van der Waals surface area contributed by atoms with Gasteiger partial charge in [0.1, 0.15) is 6.04 Å². The molecular formula is C18H20N4O5S3. The number of nitrogens with zero attached hydrogens (tertiary/aromatic N) is 3. The highest BCUT2D eigenvalue weighted by atomic mass is 32.2. The maximum atomic E-state index is 13.2. The number of fused-ring (bicyclic) bond motifs is 1. The number of oxazole rings is 1. The molecule has 1 amide bonds.